The molecule has 1 aromatic carbocycles. The monoisotopic (exact) mass is 218 g/mol. The third-order valence-electron chi connectivity index (χ3n) is 2.38. The Bertz CT molecular complexity index is 535. The molecule has 0 saturated carbocycles. The number of hydrogen-bond donors (Lipinski definition) is 0. The molecule has 0 N–H and O–H groups in total. The summed E-state index contributed by atoms with van der Waals surface area (Å²) in [7, 11) is 2.04. The Morgan fingerprint density at radius 3 is 2.67 bits per heavy atom. The second-order valence-electron chi connectivity index (χ2n) is 3.67. The lowest BCUT2D eigenvalue weighted by Crippen LogP contribution is -2.10. The predicted octanol–water partition coefficient (Wildman–Crippen LogP) is 2.94. The van der Waals surface area contributed by atoms with Crippen LogP contribution < -0.4 is 4.80 Å². The van der Waals surface area contributed by atoms with Crippen LogP contribution in [0.4, 0.5) is 5.69 Å². The fraction of sp³-hybridized carbons (Fsp3) is 0.250. The number of benzene rings is 1. The first-order chi connectivity index (χ1) is 7.16. The molecule has 2 aromatic rings. The Kier molecular flexibility index (Phi) is 2.73. The van der Waals surface area contributed by atoms with Gasteiger partial charge in [-0.3, -0.25) is 0 Å². The number of thiazole rings is 1. The summed E-state index contributed by atoms with van der Waals surface area (Å²) in [5.41, 5.74) is 3.51. The van der Waals surface area contributed by atoms with Crippen LogP contribution in [0.3, 0.4) is 0 Å². The molecule has 1 heterocycles. The highest BCUT2D eigenvalue weighted by Crippen LogP contribution is 2.12. The zero-order chi connectivity index (χ0) is 10.8. The lowest BCUT2D eigenvalue weighted by Gasteiger charge is -1.96. The predicted molar refractivity (Wildman–Crippen MR) is 64.4 cm³/mol. The maximum atomic E-state index is 4.60. The van der Waals surface area contributed by atoms with Crippen molar-refractivity contribution in [1.82, 2.24) is 4.57 Å². The Morgan fingerprint density at radius 1 is 1.27 bits per heavy atom. The minimum Gasteiger partial charge on any atom is -0.324 e. The summed E-state index contributed by atoms with van der Waals surface area (Å²) in [5.74, 6) is 0. The summed E-state index contributed by atoms with van der Waals surface area (Å²) in [6, 6.07) is 8.24. The van der Waals surface area contributed by atoms with Gasteiger partial charge in [-0.1, -0.05) is 12.1 Å². The Morgan fingerprint density at radius 2 is 2.07 bits per heavy atom. The van der Waals surface area contributed by atoms with Crippen LogP contribution in [0.25, 0.3) is 0 Å². The summed E-state index contributed by atoms with van der Waals surface area (Å²) < 4.78 is 2.10. The molecule has 0 aliphatic rings. The summed E-state index contributed by atoms with van der Waals surface area (Å²) in [4.78, 5) is 5.64. The van der Waals surface area contributed by atoms with Crippen LogP contribution in [0.2, 0.25) is 0 Å². The lowest BCUT2D eigenvalue weighted by atomic mass is 10.2. The molecule has 0 aliphatic carbocycles. The van der Waals surface area contributed by atoms with Gasteiger partial charge in [0.15, 0.2) is 4.80 Å². The van der Waals surface area contributed by atoms with E-state index in [1.54, 1.807) is 11.3 Å². The van der Waals surface area contributed by atoms with E-state index in [0.717, 1.165) is 10.5 Å². The largest absolute Gasteiger partial charge is 0.324 e. The van der Waals surface area contributed by atoms with Crippen LogP contribution in [0.1, 0.15) is 11.3 Å². The highest BCUT2D eigenvalue weighted by Gasteiger charge is 1.95. The zero-order valence-electron chi connectivity index (χ0n) is 9.19. The molecule has 78 valence electrons. The molecule has 1 aromatic heterocycles. The topological polar surface area (TPSA) is 17.3 Å². The van der Waals surface area contributed by atoms with E-state index in [1.807, 2.05) is 19.2 Å². The van der Waals surface area contributed by atoms with E-state index in [0.29, 0.717) is 0 Å². The van der Waals surface area contributed by atoms with Crippen LogP contribution in [0.15, 0.2) is 34.6 Å². The molecule has 15 heavy (non-hydrogen) atoms. The molecule has 0 bridgehead atoms. The van der Waals surface area contributed by atoms with Crippen molar-refractivity contribution in [2.24, 2.45) is 12.0 Å². The highest BCUT2D eigenvalue weighted by molar-refractivity contribution is 7.07. The van der Waals surface area contributed by atoms with Gasteiger partial charge in [-0.15, -0.1) is 11.3 Å². The van der Waals surface area contributed by atoms with Gasteiger partial charge in [0.05, 0.1) is 5.69 Å². The van der Waals surface area contributed by atoms with Gasteiger partial charge in [-0.2, -0.15) is 0 Å². The Labute approximate surface area is 93.5 Å². The van der Waals surface area contributed by atoms with Crippen molar-refractivity contribution in [2.45, 2.75) is 13.8 Å². The normalized spacial score (nSPS) is 12.1. The third kappa shape index (κ3) is 2.18. The number of aryl methyl sites for hydroxylation is 2. The molecule has 0 saturated heterocycles. The van der Waals surface area contributed by atoms with E-state index in [2.05, 4.69) is 40.9 Å². The number of aromatic nitrogens is 1. The molecule has 0 atom stereocenters. The zero-order valence-corrected chi connectivity index (χ0v) is 10.0. The van der Waals surface area contributed by atoms with Gasteiger partial charge in [0.1, 0.15) is 0 Å². The number of nitrogens with zero attached hydrogens (tertiary/aromatic N) is 2. The van der Waals surface area contributed by atoms with Gasteiger partial charge in [-0.25, -0.2) is 4.99 Å². The average Bonchev–Trinajstić information content (AvgIpc) is 2.50. The molecular weight excluding hydrogens is 204 g/mol. The molecular formula is C12H14N2S. The van der Waals surface area contributed by atoms with Gasteiger partial charge in [0.2, 0.25) is 0 Å². The van der Waals surface area contributed by atoms with E-state index in [9.17, 15) is 0 Å². The van der Waals surface area contributed by atoms with Crippen LogP contribution in [-0.2, 0) is 7.05 Å². The first-order valence-corrected chi connectivity index (χ1v) is 5.77. The molecule has 0 spiro atoms. The van der Waals surface area contributed by atoms with Crippen LogP contribution in [0.5, 0.6) is 0 Å². The van der Waals surface area contributed by atoms with Crippen molar-refractivity contribution in [3.8, 4) is 0 Å². The Hall–Kier alpha value is -1.35. The molecule has 0 radical (unpaired) electrons. The SMILES string of the molecule is Cc1cccc(N=c2scc(C)n2C)c1. The van der Waals surface area contributed by atoms with E-state index < -0.39 is 0 Å². The number of rotatable bonds is 1. The smallest absolute Gasteiger partial charge is 0.189 e. The van der Waals surface area contributed by atoms with Crippen LogP contribution in [-0.4, -0.2) is 4.57 Å². The molecule has 3 heteroatoms. The maximum Gasteiger partial charge on any atom is 0.189 e. The third-order valence-corrected chi connectivity index (χ3v) is 3.41. The van der Waals surface area contributed by atoms with Gasteiger partial charge >= 0.3 is 0 Å². The van der Waals surface area contributed by atoms with E-state index in [1.165, 1.54) is 11.3 Å². The first-order valence-electron chi connectivity index (χ1n) is 4.89. The van der Waals surface area contributed by atoms with Crippen molar-refractivity contribution < 1.29 is 0 Å². The van der Waals surface area contributed by atoms with Crippen molar-refractivity contribution in [3.05, 3.63) is 45.7 Å². The van der Waals surface area contributed by atoms with E-state index in [-0.39, 0.29) is 0 Å². The maximum absolute atomic E-state index is 4.60. The molecule has 0 fully saturated rings. The van der Waals surface area contributed by atoms with E-state index in [4.69, 9.17) is 0 Å². The second kappa shape index (κ2) is 4.03. The van der Waals surface area contributed by atoms with Crippen molar-refractivity contribution in [3.63, 3.8) is 0 Å². The van der Waals surface area contributed by atoms with Gasteiger partial charge in [-0.05, 0) is 31.5 Å². The fourth-order valence-corrected chi connectivity index (χ4v) is 2.25. The molecule has 0 aliphatic heterocycles. The minimum absolute atomic E-state index is 1.02. The summed E-state index contributed by atoms with van der Waals surface area (Å²) >= 11 is 1.67. The number of hydrogen-bond acceptors (Lipinski definition) is 2. The molecule has 0 unspecified atom stereocenters. The fourth-order valence-electron chi connectivity index (χ4n) is 1.36. The van der Waals surface area contributed by atoms with Crippen molar-refractivity contribution in [2.75, 3.05) is 0 Å². The summed E-state index contributed by atoms with van der Waals surface area (Å²) in [6.07, 6.45) is 0. The first kappa shape index (κ1) is 10.2. The van der Waals surface area contributed by atoms with Gasteiger partial charge < -0.3 is 4.57 Å². The highest BCUT2D eigenvalue weighted by atomic mass is 32.1. The lowest BCUT2D eigenvalue weighted by molar-refractivity contribution is 0.835. The second-order valence-corrected chi connectivity index (χ2v) is 4.51. The van der Waals surface area contributed by atoms with Crippen LogP contribution >= 0.6 is 11.3 Å². The minimum atomic E-state index is 1.02. The quantitative estimate of drug-likeness (QED) is 0.700. The standard InChI is InChI=1S/C12H14N2S/c1-9-5-4-6-11(7-9)13-12-14(3)10(2)8-15-12/h4-8H,1-3H3. The molecule has 2 rings (SSSR count). The molecule has 2 nitrogen and oxygen atoms in total. The average molecular weight is 218 g/mol. The summed E-state index contributed by atoms with van der Waals surface area (Å²) in [5, 5.41) is 2.12. The van der Waals surface area contributed by atoms with Crippen molar-refractivity contribution >= 4 is 17.0 Å². The van der Waals surface area contributed by atoms with Gasteiger partial charge in [0, 0.05) is 18.1 Å². The van der Waals surface area contributed by atoms with Gasteiger partial charge in [0.25, 0.3) is 0 Å². The van der Waals surface area contributed by atoms with Crippen LogP contribution in [0, 0.1) is 13.8 Å². The molecule has 0 amide bonds. The Balaban J connectivity index is 2.51. The van der Waals surface area contributed by atoms with E-state index >= 15 is 0 Å². The summed E-state index contributed by atoms with van der Waals surface area (Å²) in [6.45, 7) is 4.17. The van der Waals surface area contributed by atoms with Crippen molar-refractivity contribution in [1.29, 1.82) is 0 Å².